The summed E-state index contributed by atoms with van der Waals surface area (Å²) < 4.78 is 35.9. The molecule has 1 amide bonds. The molecule has 212 valence electrons. The number of ether oxygens (including phenoxy) is 1. The quantitative estimate of drug-likeness (QED) is 0.550. The van der Waals surface area contributed by atoms with Gasteiger partial charge < -0.3 is 19.6 Å². The molecule has 2 N–H and O–H groups in total. The zero-order valence-corrected chi connectivity index (χ0v) is 23.7. The minimum atomic E-state index is -3.87. The first kappa shape index (κ1) is 27.8. The van der Waals surface area contributed by atoms with Crippen molar-refractivity contribution in [3.63, 3.8) is 0 Å². The van der Waals surface area contributed by atoms with Crippen molar-refractivity contribution < 1.29 is 23.1 Å². The third-order valence-corrected chi connectivity index (χ3v) is 10.5. The molecule has 0 aliphatic carbocycles. The highest BCUT2D eigenvalue weighted by Gasteiger charge is 2.42. The molecule has 4 aliphatic rings. The van der Waals surface area contributed by atoms with Crippen LogP contribution in [-0.2, 0) is 14.8 Å². The molecule has 1 aromatic carbocycles. The number of sulfonamides is 1. The molecular formula is C27H43N5O5S. The number of benzene rings is 1. The van der Waals surface area contributed by atoms with Gasteiger partial charge in [-0.15, -0.1) is 0 Å². The number of hydrogen-bond donors (Lipinski definition) is 2. The van der Waals surface area contributed by atoms with Crippen LogP contribution in [0.3, 0.4) is 0 Å². The number of nitrogens with one attached hydrogen (secondary N) is 1. The summed E-state index contributed by atoms with van der Waals surface area (Å²) in [4.78, 5) is 20.8. The number of amides is 1. The highest BCUT2D eigenvalue weighted by atomic mass is 32.2. The molecule has 0 unspecified atom stereocenters. The number of rotatable bonds is 2. The van der Waals surface area contributed by atoms with Crippen LogP contribution in [0.2, 0.25) is 0 Å². The van der Waals surface area contributed by atoms with Gasteiger partial charge in [0, 0.05) is 52.2 Å². The highest BCUT2D eigenvalue weighted by molar-refractivity contribution is 7.89. The van der Waals surface area contributed by atoms with Gasteiger partial charge in [0.2, 0.25) is 15.9 Å². The van der Waals surface area contributed by atoms with Crippen LogP contribution in [0.4, 0.5) is 0 Å². The number of fused-ring (bicyclic) bond motifs is 2. The van der Waals surface area contributed by atoms with E-state index < -0.39 is 16.1 Å². The topological polar surface area (TPSA) is 106 Å². The van der Waals surface area contributed by atoms with Gasteiger partial charge in [-0.05, 0) is 76.5 Å². The van der Waals surface area contributed by atoms with E-state index in [1.807, 2.05) is 24.1 Å². The van der Waals surface area contributed by atoms with Crippen LogP contribution in [0.5, 0.6) is 5.75 Å². The lowest BCUT2D eigenvalue weighted by atomic mass is 9.89. The molecule has 0 aromatic heterocycles. The molecule has 0 saturated carbocycles. The van der Waals surface area contributed by atoms with E-state index in [4.69, 9.17) is 4.74 Å². The zero-order valence-electron chi connectivity index (χ0n) is 22.9. The van der Waals surface area contributed by atoms with Crippen LogP contribution >= 0.6 is 0 Å². The number of aliphatic hydroxyl groups is 1. The highest BCUT2D eigenvalue weighted by Crippen LogP contribution is 2.36. The van der Waals surface area contributed by atoms with Crippen molar-refractivity contribution in [2.24, 2.45) is 0 Å². The zero-order chi connectivity index (χ0) is 27.0. The molecule has 4 heterocycles. The molecule has 0 bridgehead atoms. The fourth-order valence-corrected chi connectivity index (χ4v) is 7.77. The molecule has 3 saturated heterocycles. The number of likely N-dealkylation sites (tertiary alicyclic amines) is 3. The van der Waals surface area contributed by atoms with E-state index in [0.29, 0.717) is 31.4 Å². The molecule has 5 rings (SSSR count). The van der Waals surface area contributed by atoms with Gasteiger partial charge in [0.15, 0.2) is 0 Å². The van der Waals surface area contributed by atoms with Gasteiger partial charge in [-0.25, -0.2) is 13.1 Å². The van der Waals surface area contributed by atoms with E-state index in [2.05, 4.69) is 26.5 Å². The number of aliphatic hydroxyl groups excluding tert-OH is 1. The lowest BCUT2D eigenvalue weighted by Crippen LogP contribution is -2.48. The number of β-amino-alcohol motifs (C(OH)–C–C–N with tert-alkyl or cyclic N) is 1. The predicted octanol–water partition coefficient (Wildman–Crippen LogP) is 0.523. The lowest BCUT2D eigenvalue weighted by Gasteiger charge is -2.35. The molecule has 10 nitrogen and oxygen atoms in total. The van der Waals surface area contributed by atoms with E-state index in [1.165, 1.54) is 0 Å². The number of hydrogen-bond acceptors (Lipinski definition) is 8. The third-order valence-electron chi connectivity index (χ3n) is 8.99. The van der Waals surface area contributed by atoms with Gasteiger partial charge in [0.05, 0.1) is 12.1 Å². The van der Waals surface area contributed by atoms with Crippen molar-refractivity contribution in [2.45, 2.75) is 67.7 Å². The lowest BCUT2D eigenvalue weighted by molar-refractivity contribution is -0.129. The third kappa shape index (κ3) is 6.03. The van der Waals surface area contributed by atoms with Crippen molar-refractivity contribution in [2.75, 3.05) is 66.5 Å². The Kier molecular flexibility index (Phi) is 8.33. The number of likely N-dealkylation sites (N-methyl/N-ethyl adjacent to an activating group) is 1. The Balaban J connectivity index is 1.44. The Morgan fingerprint density at radius 1 is 1.03 bits per heavy atom. The second-order valence-electron chi connectivity index (χ2n) is 11.6. The van der Waals surface area contributed by atoms with Gasteiger partial charge in [0.1, 0.15) is 16.7 Å². The minimum absolute atomic E-state index is 0.0421. The van der Waals surface area contributed by atoms with E-state index in [0.717, 1.165) is 57.4 Å². The summed E-state index contributed by atoms with van der Waals surface area (Å²) in [5.74, 6) is 0.722. The summed E-state index contributed by atoms with van der Waals surface area (Å²) in [6.45, 7) is 7.04. The van der Waals surface area contributed by atoms with Crippen molar-refractivity contribution in [3.8, 4) is 5.75 Å². The number of carbonyl (C=O) groups excluding carboxylic acids is 1. The van der Waals surface area contributed by atoms with Crippen LogP contribution in [0.15, 0.2) is 23.1 Å². The van der Waals surface area contributed by atoms with Gasteiger partial charge in [-0.3, -0.25) is 14.6 Å². The Morgan fingerprint density at radius 3 is 2.42 bits per heavy atom. The Morgan fingerprint density at radius 2 is 1.74 bits per heavy atom. The van der Waals surface area contributed by atoms with Crippen LogP contribution in [0.25, 0.3) is 0 Å². The van der Waals surface area contributed by atoms with E-state index in [1.54, 1.807) is 13.0 Å². The average molecular weight is 550 g/mol. The normalized spacial score (nSPS) is 30.7. The summed E-state index contributed by atoms with van der Waals surface area (Å²) in [7, 11) is 0.287. The molecule has 3 atom stereocenters. The number of piperidine rings is 2. The van der Waals surface area contributed by atoms with Crippen molar-refractivity contribution in [3.05, 3.63) is 23.8 Å². The molecule has 0 spiro atoms. The minimum Gasteiger partial charge on any atom is -0.486 e. The molecule has 3 fully saturated rings. The molecule has 38 heavy (non-hydrogen) atoms. The fourth-order valence-electron chi connectivity index (χ4n) is 6.58. The van der Waals surface area contributed by atoms with Gasteiger partial charge in [-0.2, -0.15) is 0 Å². The second kappa shape index (κ2) is 11.4. The molecule has 0 radical (unpaired) electrons. The van der Waals surface area contributed by atoms with E-state index in [9.17, 15) is 18.3 Å². The van der Waals surface area contributed by atoms with Gasteiger partial charge in [-0.1, -0.05) is 6.07 Å². The van der Waals surface area contributed by atoms with Gasteiger partial charge >= 0.3 is 0 Å². The second-order valence-corrected chi connectivity index (χ2v) is 13.4. The first-order valence-corrected chi connectivity index (χ1v) is 15.5. The Labute approximate surface area is 226 Å². The van der Waals surface area contributed by atoms with Crippen LogP contribution in [0, 0.1) is 0 Å². The summed E-state index contributed by atoms with van der Waals surface area (Å²) in [6.07, 6.45) is 2.87. The summed E-state index contributed by atoms with van der Waals surface area (Å²) in [5.41, 5.74) is 1.05. The van der Waals surface area contributed by atoms with Crippen LogP contribution in [0.1, 0.15) is 44.1 Å². The maximum atomic E-state index is 13.3. The standard InChI is InChI=1S/C27H43N5O5S/c1-19(33)31-12-6-20(7-13-31)21-4-5-27-25(14-21)37-26-18-32(22-8-10-29(2)11-9-22)17-24(26)30(3)16-23(34)15-28-38(27,35)36/h4-5,14,20,22-24,26,28,34H,6-13,15-18H2,1-3H3/t23-,24+,26-/m0/s1. The molecule has 11 heteroatoms. The number of carbonyl (C=O) groups is 1. The van der Waals surface area contributed by atoms with Crippen molar-refractivity contribution in [1.82, 2.24) is 24.3 Å². The molecule has 4 aliphatic heterocycles. The first-order valence-electron chi connectivity index (χ1n) is 14.0. The molecule has 1 aromatic rings. The monoisotopic (exact) mass is 549 g/mol. The SMILES string of the molecule is CC(=O)N1CCC(c2ccc3c(c2)O[C@H]2CN(C4CCN(C)CC4)C[C@H]2N(C)C[C@@H](O)CNS3(=O)=O)CC1. The van der Waals surface area contributed by atoms with E-state index >= 15 is 0 Å². The summed E-state index contributed by atoms with van der Waals surface area (Å²) in [5, 5.41) is 10.7. The Bertz CT molecular complexity index is 1100. The van der Waals surface area contributed by atoms with Crippen LogP contribution < -0.4 is 9.46 Å². The smallest absolute Gasteiger partial charge is 0.244 e. The van der Waals surface area contributed by atoms with Crippen LogP contribution in [-0.4, -0.2) is 130 Å². The molecular weight excluding hydrogens is 506 g/mol. The number of nitrogens with zero attached hydrogens (tertiary/aromatic N) is 4. The van der Waals surface area contributed by atoms with Crippen molar-refractivity contribution in [1.29, 1.82) is 0 Å². The van der Waals surface area contributed by atoms with Gasteiger partial charge in [0.25, 0.3) is 0 Å². The maximum Gasteiger partial charge on any atom is 0.244 e. The predicted molar refractivity (Wildman–Crippen MR) is 145 cm³/mol. The average Bonchev–Trinajstić information content (AvgIpc) is 3.31. The largest absolute Gasteiger partial charge is 0.486 e. The maximum absolute atomic E-state index is 13.3. The fraction of sp³-hybridized carbons (Fsp3) is 0.741. The van der Waals surface area contributed by atoms with Crippen molar-refractivity contribution >= 4 is 15.9 Å². The summed E-state index contributed by atoms with van der Waals surface area (Å²) >= 11 is 0. The first-order chi connectivity index (χ1) is 18.1. The van der Waals surface area contributed by atoms with E-state index in [-0.39, 0.29) is 35.4 Å². The Hall–Kier alpha value is -1.76. The summed E-state index contributed by atoms with van der Waals surface area (Å²) in [6, 6.07) is 5.97.